The van der Waals surface area contributed by atoms with Gasteiger partial charge in [-0.3, -0.25) is 0 Å². The predicted octanol–water partition coefficient (Wildman–Crippen LogP) is 1.37. The molecule has 124 valence electrons. The minimum atomic E-state index is -1.04. The van der Waals surface area contributed by atoms with Gasteiger partial charge >= 0.3 is 12.0 Å². The van der Waals surface area contributed by atoms with Crippen molar-refractivity contribution in [2.24, 2.45) is 0 Å². The molecule has 0 heterocycles. The van der Waals surface area contributed by atoms with Crippen LogP contribution in [0, 0.1) is 0 Å². The number of amides is 2. The Balaban J connectivity index is 3.75. The average Bonchev–Trinajstić information content (AvgIpc) is 2.41. The van der Waals surface area contributed by atoms with Crippen molar-refractivity contribution in [3.63, 3.8) is 0 Å². The van der Waals surface area contributed by atoms with E-state index in [4.69, 9.17) is 14.6 Å². The van der Waals surface area contributed by atoms with Crippen molar-refractivity contribution in [3.05, 3.63) is 0 Å². The number of aliphatic carboxylic acids is 1. The fourth-order valence-corrected chi connectivity index (χ4v) is 1.65. The summed E-state index contributed by atoms with van der Waals surface area (Å²) >= 11 is 0. The second-order valence-corrected chi connectivity index (χ2v) is 5.05. The number of hydrogen-bond acceptors (Lipinski definition) is 4. The van der Waals surface area contributed by atoms with Crippen LogP contribution in [0.4, 0.5) is 4.79 Å². The summed E-state index contributed by atoms with van der Waals surface area (Å²) in [5, 5.41) is 14.1. The second-order valence-electron chi connectivity index (χ2n) is 5.05. The molecule has 7 nitrogen and oxygen atoms in total. The summed E-state index contributed by atoms with van der Waals surface area (Å²) in [7, 11) is 1.55. The Kier molecular flexibility index (Phi) is 11.6. The summed E-state index contributed by atoms with van der Waals surface area (Å²) < 4.78 is 10.2. The number of hydrogen-bond donors (Lipinski definition) is 3. The number of methoxy groups -OCH3 is 1. The number of carbonyl (C=O) groups is 2. The Labute approximate surface area is 126 Å². The van der Waals surface area contributed by atoms with Crippen LogP contribution in [0.15, 0.2) is 0 Å². The lowest BCUT2D eigenvalue weighted by atomic mass is 10.1. The zero-order valence-electron chi connectivity index (χ0n) is 13.2. The van der Waals surface area contributed by atoms with Gasteiger partial charge in [0.1, 0.15) is 6.04 Å². The molecule has 0 radical (unpaired) electrons. The van der Waals surface area contributed by atoms with E-state index >= 15 is 0 Å². The Morgan fingerprint density at radius 1 is 1.14 bits per heavy atom. The van der Waals surface area contributed by atoms with Gasteiger partial charge in [0, 0.05) is 26.9 Å². The Morgan fingerprint density at radius 2 is 1.86 bits per heavy atom. The highest BCUT2D eigenvalue weighted by molar-refractivity contribution is 5.82. The van der Waals surface area contributed by atoms with Gasteiger partial charge in [0.25, 0.3) is 0 Å². The second kappa shape index (κ2) is 12.4. The minimum absolute atomic E-state index is 0.213. The lowest BCUT2D eigenvalue weighted by molar-refractivity contribution is -0.139. The van der Waals surface area contributed by atoms with Crippen LogP contribution in [0.1, 0.15) is 39.5 Å². The zero-order valence-corrected chi connectivity index (χ0v) is 13.2. The molecule has 7 heteroatoms. The molecule has 1 atom stereocenters. The molecular formula is C14H28N2O5. The number of urea groups is 1. The maximum atomic E-state index is 11.6. The fourth-order valence-electron chi connectivity index (χ4n) is 1.65. The first-order chi connectivity index (χ1) is 9.97. The van der Waals surface area contributed by atoms with E-state index in [-0.39, 0.29) is 6.10 Å². The normalized spacial score (nSPS) is 12.2. The van der Waals surface area contributed by atoms with Crippen LogP contribution in [-0.2, 0) is 14.3 Å². The van der Waals surface area contributed by atoms with Gasteiger partial charge in [-0.15, -0.1) is 0 Å². The third kappa shape index (κ3) is 12.1. The third-order valence-corrected chi connectivity index (χ3v) is 2.75. The molecular weight excluding hydrogens is 276 g/mol. The molecule has 1 unspecified atom stereocenters. The van der Waals surface area contributed by atoms with Crippen LogP contribution in [0.2, 0.25) is 0 Å². The molecule has 0 bridgehead atoms. The van der Waals surface area contributed by atoms with Crippen LogP contribution in [0.5, 0.6) is 0 Å². The van der Waals surface area contributed by atoms with Crippen molar-refractivity contribution in [2.45, 2.75) is 51.7 Å². The molecule has 3 N–H and O–H groups in total. The number of carboxylic acid groups (broad SMARTS) is 1. The summed E-state index contributed by atoms with van der Waals surface area (Å²) in [6, 6.07) is -1.34. The van der Waals surface area contributed by atoms with E-state index < -0.39 is 18.0 Å². The van der Waals surface area contributed by atoms with Gasteiger partial charge in [-0.05, 0) is 39.5 Å². The Hall–Kier alpha value is -1.34. The first-order valence-electron chi connectivity index (χ1n) is 7.35. The first-order valence-corrected chi connectivity index (χ1v) is 7.35. The number of carboxylic acids is 1. The fraction of sp³-hybridized carbons (Fsp3) is 0.857. The van der Waals surface area contributed by atoms with Gasteiger partial charge < -0.3 is 25.2 Å². The molecule has 0 spiro atoms. The standard InChI is InChI=1S/C14H28N2O5/c1-11(2)21-10-5-4-8-15-14(19)16-12(13(17)18)7-6-9-20-3/h11-12H,4-10H2,1-3H3,(H,17,18)(H2,15,16,19). The molecule has 0 aliphatic carbocycles. The van der Waals surface area contributed by atoms with E-state index in [0.29, 0.717) is 32.6 Å². The number of ether oxygens (including phenoxy) is 2. The summed E-state index contributed by atoms with van der Waals surface area (Å²) in [6.07, 6.45) is 2.79. The van der Waals surface area contributed by atoms with Crippen molar-refractivity contribution in [1.82, 2.24) is 10.6 Å². The topological polar surface area (TPSA) is 96.9 Å². The predicted molar refractivity (Wildman–Crippen MR) is 79.4 cm³/mol. The summed E-state index contributed by atoms with van der Waals surface area (Å²) in [5.74, 6) is -1.04. The van der Waals surface area contributed by atoms with E-state index in [0.717, 1.165) is 12.8 Å². The molecule has 0 fully saturated rings. The molecule has 0 aromatic carbocycles. The summed E-state index contributed by atoms with van der Waals surface area (Å²) in [6.45, 7) is 5.58. The maximum Gasteiger partial charge on any atom is 0.326 e. The lowest BCUT2D eigenvalue weighted by Gasteiger charge is -2.15. The van der Waals surface area contributed by atoms with Gasteiger partial charge in [0.15, 0.2) is 0 Å². The Morgan fingerprint density at radius 3 is 2.43 bits per heavy atom. The van der Waals surface area contributed by atoms with Crippen LogP contribution < -0.4 is 10.6 Å². The largest absolute Gasteiger partial charge is 0.480 e. The van der Waals surface area contributed by atoms with E-state index in [1.54, 1.807) is 7.11 Å². The average molecular weight is 304 g/mol. The molecule has 0 saturated carbocycles. The molecule has 0 aliphatic rings. The van der Waals surface area contributed by atoms with Gasteiger partial charge in [0.2, 0.25) is 0 Å². The van der Waals surface area contributed by atoms with Crippen LogP contribution in [0.25, 0.3) is 0 Å². The quantitative estimate of drug-likeness (QED) is 0.473. The zero-order chi connectivity index (χ0) is 16.1. The molecule has 21 heavy (non-hydrogen) atoms. The van der Waals surface area contributed by atoms with Gasteiger partial charge in [-0.2, -0.15) is 0 Å². The number of rotatable bonds is 12. The SMILES string of the molecule is COCCCC(NC(=O)NCCCCOC(C)C)C(=O)O. The number of nitrogens with one attached hydrogen (secondary N) is 2. The molecule has 2 amide bonds. The van der Waals surface area contributed by atoms with Crippen molar-refractivity contribution < 1.29 is 24.2 Å². The lowest BCUT2D eigenvalue weighted by Crippen LogP contribution is -2.46. The van der Waals surface area contributed by atoms with Crippen LogP contribution in [-0.4, -0.2) is 56.1 Å². The highest BCUT2D eigenvalue weighted by Crippen LogP contribution is 1.98. The summed E-state index contributed by atoms with van der Waals surface area (Å²) in [4.78, 5) is 22.6. The van der Waals surface area contributed by atoms with Gasteiger partial charge in [-0.1, -0.05) is 0 Å². The van der Waals surface area contributed by atoms with Crippen LogP contribution in [0.3, 0.4) is 0 Å². The van der Waals surface area contributed by atoms with Gasteiger partial charge in [0.05, 0.1) is 6.10 Å². The molecule has 0 rings (SSSR count). The molecule has 0 saturated heterocycles. The molecule has 0 aliphatic heterocycles. The van der Waals surface area contributed by atoms with E-state index in [1.807, 2.05) is 13.8 Å². The van der Waals surface area contributed by atoms with Crippen molar-refractivity contribution in [2.75, 3.05) is 26.9 Å². The molecule has 0 aromatic rings. The number of unbranched alkanes of at least 4 members (excludes halogenated alkanes) is 1. The van der Waals surface area contributed by atoms with Crippen molar-refractivity contribution in [3.8, 4) is 0 Å². The monoisotopic (exact) mass is 304 g/mol. The van der Waals surface area contributed by atoms with E-state index in [1.165, 1.54) is 0 Å². The smallest absolute Gasteiger partial charge is 0.326 e. The van der Waals surface area contributed by atoms with E-state index in [9.17, 15) is 9.59 Å². The van der Waals surface area contributed by atoms with Crippen molar-refractivity contribution in [1.29, 1.82) is 0 Å². The van der Waals surface area contributed by atoms with Gasteiger partial charge in [-0.25, -0.2) is 9.59 Å². The number of carbonyl (C=O) groups excluding carboxylic acids is 1. The summed E-state index contributed by atoms with van der Waals surface area (Å²) in [5.41, 5.74) is 0. The third-order valence-electron chi connectivity index (χ3n) is 2.75. The Bertz CT molecular complexity index is 297. The highest BCUT2D eigenvalue weighted by Gasteiger charge is 2.18. The maximum absolute atomic E-state index is 11.6. The highest BCUT2D eigenvalue weighted by atomic mass is 16.5. The first kappa shape index (κ1) is 19.7. The minimum Gasteiger partial charge on any atom is -0.480 e. The molecule has 0 aromatic heterocycles. The van der Waals surface area contributed by atoms with Crippen molar-refractivity contribution >= 4 is 12.0 Å². The van der Waals surface area contributed by atoms with E-state index in [2.05, 4.69) is 10.6 Å². The van der Waals surface area contributed by atoms with Crippen LogP contribution >= 0.6 is 0 Å².